The van der Waals surface area contributed by atoms with Crippen LogP contribution in [0.2, 0.25) is 0 Å². The Kier molecular flexibility index (Phi) is 6.02. The molecule has 1 heterocycles. The summed E-state index contributed by atoms with van der Waals surface area (Å²) >= 11 is 1.07. The van der Waals surface area contributed by atoms with Gasteiger partial charge in [0.15, 0.2) is 5.84 Å². The first-order valence-corrected chi connectivity index (χ1v) is 8.00. The molecule has 0 saturated heterocycles. The molecular weight excluding hydrogens is 355 g/mol. The highest BCUT2D eigenvalue weighted by Crippen LogP contribution is 2.29. The number of aromatic nitrogens is 1. The lowest BCUT2D eigenvalue weighted by molar-refractivity contribution is -0.137. The topological polar surface area (TPSA) is 77.6 Å². The summed E-state index contributed by atoms with van der Waals surface area (Å²) in [5, 5.41) is 3.85. The second-order valence-corrected chi connectivity index (χ2v) is 5.99. The van der Waals surface area contributed by atoms with E-state index in [1.165, 1.54) is 6.07 Å². The molecule has 1 aromatic heterocycles. The van der Waals surface area contributed by atoms with Gasteiger partial charge in [-0.1, -0.05) is 34.6 Å². The third kappa shape index (κ3) is 5.79. The van der Waals surface area contributed by atoms with Crippen LogP contribution < -0.4 is 5.73 Å². The number of hydrogen-bond acceptors (Lipinski definition) is 5. The van der Waals surface area contributed by atoms with Gasteiger partial charge in [0.1, 0.15) is 0 Å². The van der Waals surface area contributed by atoms with Gasteiger partial charge in [0.05, 0.1) is 21.9 Å². The summed E-state index contributed by atoms with van der Waals surface area (Å²) in [6.07, 6.45) is -3.69. The van der Waals surface area contributed by atoms with E-state index in [4.69, 9.17) is 10.6 Å². The summed E-state index contributed by atoms with van der Waals surface area (Å²) in [7, 11) is 0. The molecule has 0 amide bonds. The molecule has 0 saturated carbocycles. The van der Waals surface area contributed by atoms with Gasteiger partial charge in [0, 0.05) is 6.20 Å². The van der Waals surface area contributed by atoms with Crippen LogP contribution in [0.3, 0.4) is 0 Å². The first-order chi connectivity index (χ1) is 11.8. The lowest BCUT2D eigenvalue weighted by Crippen LogP contribution is -2.16. The molecule has 0 aliphatic carbocycles. The second-order valence-electron chi connectivity index (χ2n) is 5.00. The molecule has 9 heteroatoms. The summed E-state index contributed by atoms with van der Waals surface area (Å²) < 4.78 is 37.3. The van der Waals surface area contributed by atoms with Crippen LogP contribution in [-0.4, -0.2) is 22.5 Å². The summed E-state index contributed by atoms with van der Waals surface area (Å²) in [6, 6.07) is 8.89. The van der Waals surface area contributed by atoms with Crippen LogP contribution in [0.5, 0.6) is 0 Å². The molecule has 2 N–H and O–H groups in total. The van der Waals surface area contributed by atoms with Gasteiger partial charge in [0.2, 0.25) is 0 Å². The van der Waals surface area contributed by atoms with Gasteiger partial charge in [-0.05, 0) is 31.2 Å². The van der Waals surface area contributed by atoms with Gasteiger partial charge in [-0.3, -0.25) is 0 Å². The van der Waals surface area contributed by atoms with Gasteiger partial charge >= 0.3 is 12.1 Å². The van der Waals surface area contributed by atoms with Crippen LogP contribution in [-0.2, 0) is 11.0 Å². The van der Waals surface area contributed by atoms with E-state index in [0.29, 0.717) is 10.6 Å². The van der Waals surface area contributed by atoms with Crippen LogP contribution in [0.1, 0.15) is 21.5 Å². The van der Waals surface area contributed by atoms with Gasteiger partial charge in [0.25, 0.3) is 0 Å². The Bertz CT molecular complexity index is 760. The maximum absolute atomic E-state index is 12.4. The van der Waals surface area contributed by atoms with Crippen molar-refractivity contribution in [2.45, 2.75) is 18.1 Å². The molecule has 5 nitrogen and oxygen atoms in total. The van der Waals surface area contributed by atoms with Crippen molar-refractivity contribution in [3.05, 3.63) is 59.3 Å². The number of amidine groups is 1. The van der Waals surface area contributed by atoms with E-state index in [9.17, 15) is 18.0 Å². The number of aryl methyl sites for hydroxylation is 1. The van der Waals surface area contributed by atoms with E-state index in [1.807, 2.05) is 6.92 Å². The number of nitrogens with two attached hydrogens (primary N) is 1. The first-order valence-electron chi connectivity index (χ1n) is 7.02. The molecule has 0 spiro atoms. The molecule has 1 aromatic carbocycles. The first kappa shape index (κ1) is 18.8. The summed E-state index contributed by atoms with van der Waals surface area (Å²) in [6.45, 7) is 1.89. The molecule has 0 atom stereocenters. The zero-order valence-corrected chi connectivity index (χ0v) is 13.9. The molecule has 0 aliphatic heterocycles. The summed E-state index contributed by atoms with van der Waals surface area (Å²) in [4.78, 5) is 20.2. The smallest absolute Gasteiger partial charge is 0.384 e. The normalized spacial score (nSPS) is 12.1. The van der Waals surface area contributed by atoms with E-state index >= 15 is 0 Å². The third-order valence-electron chi connectivity index (χ3n) is 2.96. The fraction of sp³-hybridized carbons (Fsp3) is 0.188. The van der Waals surface area contributed by atoms with E-state index in [2.05, 4.69) is 10.1 Å². The van der Waals surface area contributed by atoms with Crippen LogP contribution in [0.25, 0.3) is 0 Å². The SMILES string of the molecule is Cc1ccc(C(=O)ON=C(N)CSc2ccc(C(F)(F)F)cn2)cc1. The Hall–Kier alpha value is -2.55. The minimum Gasteiger partial charge on any atom is -0.384 e. The Morgan fingerprint density at radius 3 is 2.48 bits per heavy atom. The largest absolute Gasteiger partial charge is 0.417 e. The van der Waals surface area contributed by atoms with Gasteiger partial charge in [-0.2, -0.15) is 13.2 Å². The number of rotatable bonds is 5. The number of carbonyl (C=O) groups is 1. The number of benzene rings is 1. The number of halogens is 3. The van der Waals surface area contributed by atoms with E-state index in [1.54, 1.807) is 24.3 Å². The standard InChI is InChI=1S/C16H14F3N3O2S/c1-10-2-4-11(5-3-10)15(23)24-22-13(20)9-25-14-7-6-12(8-21-14)16(17,18)19/h2-8H,9H2,1H3,(H2,20,22). The highest BCUT2D eigenvalue weighted by molar-refractivity contribution is 7.99. The molecule has 0 bridgehead atoms. The van der Waals surface area contributed by atoms with Gasteiger partial charge < -0.3 is 10.6 Å². The van der Waals surface area contributed by atoms with Crippen molar-refractivity contribution in [2.75, 3.05) is 5.75 Å². The van der Waals surface area contributed by atoms with E-state index < -0.39 is 17.7 Å². The highest BCUT2D eigenvalue weighted by atomic mass is 32.2. The number of oxime groups is 1. The summed E-state index contributed by atoms with van der Waals surface area (Å²) in [5.41, 5.74) is 6.12. The number of thioether (sulfide) groups is 1. The molecule has 0 aliphatic rings. The minimum atomic E-state index is -4.43. The monoisotopic (exact) mass is 369 g/mol. The zero-order valence-electron chi connectivity index (χ0n) is 13.1. The van der Waals surface area contributed by atoms with Gasteiger partial charge in [-0.15, -0.1) is 0 Å². The number of carbonyl (C=O) groups excluding carboxylic acids is 1. The van der Waals surface area contributed by atoms with Crippen molar-refractivity contribution in [1.82, 2.24) is 4.98 Å². The molecule has 0 unspecified atom stereocenters. The predicted molar refractivity (Wildman–Crippen MR) is 88.2 cm³/mol. The van der Waals surface area contributed by atoms with Crippen molar-refractivity contribution in [2.24, 2.45) is 10.9 Å². The molecular formula is C16H14F3N3O2S. The van der Waals surface area contributed by atoms with Crippen LogP contribution in [0.4, 0.5) is 13.2 Å². The Labute approximate surface area is 146 Å². The molecule has 132 valence electrons. The molecule has 25 heavy (non-hydrogen) atoms. The lowest BCUT2D eigenvalue weighted by Gasteiger charge is -2.06. The number of hydrogen-bond donors (Lipinski definition) is 1. The lowest BCUT2D eigenvalue weighted by atomic mass is 10.2. The summed E-state index contributed by atoms with van der Waals surface area (Å²) in [5.74, 6) is -0.535. The average molecular weight is 369 g/mol. The second kappa shape index (κ2) is 8.02. The highest BCUT2D eigenvalue weighted by Gasteiger charge is 2.30. The number of pyridine rings is 1. The average Bonchev–Trinajstić information content (AvgIpc) is 2.58. The van der Waals surface area contributed by atoms with Crippen LogP contribution in [0.15, 0.2) is 52.8 Å². The van der Waals surface area contributed by atoms with Gasteiger partial charge in [-0.25, -0.2) is 9.78 Å². The van der Waals surface area contributed by atoms with Crippen molar-refractivity contribution in [3.63, 3.8) is 0 Å². The molecule has 0 radical (unpaired) electrons. The zero-order chi connectivity index (χ0) is 18.4. The Morgan fingerprint density at radius 2 is 1.92 bits per heavy atom. The van der Waals surface area contributed by atoms with E-state index in [0.717, 1.165) is 29.6 Å². The maximum Gasteiger partial charge on any atom is 0.417 e. The van der Waals surface area contributed by atoms with Crippen molar-refractivity contribution < 1.29 is 22.8 Å². The molecule has 2 rings (SSSR count). The quantitative estimate of drug-likeness (QED) is 0.286. The number of alkyl halides is 3. The van der Waals surface area contributed by atoms with Crippen molar-refractivity contribution in [3.8, 4) is 0 Å². The van der Waals surface area contributed by atoms with Crippen LogP contribution >= 0.6 is 11.8 Å². The number of nitrogens with zero attached hydrogens (tertiary/aromatic N) is 2. The predicted octanol–water partition coefficient (Wildman–Crippen LogP) is 3.63. The fourth-order valence-electron chi connectivity index (χ4n) is 1.65. The third-order valence-corrected chi connectivity index (χ3v) is 3.94. The van der Waals surface area contributed by atoms with Crippen molar-refractivity contribution in [1.29, 1.82) is 0 Å². The minimum absolute atomic E-state index is 0.00663. The van der Waals surface area contributed by atoms with Crippen molar-refractivity contribution >= 4 is 23.6 Å². The Balaban J connectivity index is 1.87. The van der Waals surface area contributed by atoms with Crippen LogP contribution in [0, 0.1) is 6.92 Å². The maximum atomic E-state index is 12.4. The van der Waals surface area contributed by atoms with E-state index in [-0.39, 0.29) is 11.6 Å². The molecule has 0 fully saturated rings. The Morgan fingerprint density at radius 1 is 1.24 bits per heavy atom. The fourth-order valence-corrected chi connectivity index (χ4v) is 2.29. The molecule has 2 aromatic rings.